The van der Waals surface area contributed by atoms with Crippen LogP contribution in [-0.4, -0.2) is 22.3 Å². The molecule has 0 radical (unpaired) electrons. The number of hydrogen-bond donors (Lipinski definition) is 4. The highest BCUT2D eigenvalue weighted by molar-refractivity contribution is 5.73. The Morgan fingerprint density at radius 2 is 2.24 bits per heavy atom. The van der Waals surface area contributed by atoms with Crippen LogP contribution >= 0.6 is 0 Å². The van der Waals surface area contributed by atoms with Gasteiger partial charge in [0, 0.05) is 17.3 Å². The molecule has 0 saturated carbocycles. The molecule has 7 heteroatoms. The molecule has 1 aromatic carbocycles. The molecule has 7 nitrogen and oxygen atoms in total. The number of phenolic OH excluding ortho intramolecular Hbond substituents is 1. The highest BCUT2D eigenvalue weighted by Crippen LogP contribution is 2.41. The normalized spacial score (nSPS) is 22.5. The summed E-state index contributed by atoms with van der Waals surface area (Å²) >= 11 is 0. The molecule has 17 heavy (non-hydrogen) atoms. The molecule has 2 rings (SSSR count). The molecule has 2 amide bonds. The molecule has 1 heterocycles. The fraction of sp³-hybridized carbons (Fsp3) is 0.300. The number of phenols is 1. The maximum atomic E-state index is 10.5. The summed E-state index contributed by atoms with van der Waals surface area (Å²) in [6.07, 6.45) is -0.687. The number of aromatic hydroxyl groups is 1. The number of hydrogen-bond acceptors (Lipinski definition) is 5. The van der Waals surface area contributed by atoms with Crippen molar-refractivity contribution in [3.8, 4) is 5.75 Å². The van der Waals surface area contributed by atoms with Crippen LogP contribution in [0.25, 0.3) is 0 Å². The van der Waals surface area contributed by atoms with Crippen molar-refractivity contribution in [3.63, 3.8) is 0 Å². The molecule has 0 aliphatic carbocycles. The molecule has 0 fully saturated rings. The van der Waals surface area contributed by atoms with Gasteiger partial charge in [-0.1, -0.05) is 5.11 Å². The van der Waals surface area contributed by atoms with Crippen LogP contribution in [0.3, 0.4) is 0 Å². The van der Waals surface area contributed by atoms with E-state index in [2.05, 4.69) is 15.5 Å². The first-order valence-electron chi connectivity index (χ1n) is 5.01. The summed E-state index contributed by atoms with van der Waals surface area (Å²) in [6, 6.07) is 1.81. The van der Waals surface area contributed by atoms with Gasteiger partial charge in [-0.3, -0.25) is 0 Å². The number of aliphatic hydroxyl groups is 1. The van der Waals surface area contributed by atoms with Crippen molar-refractivity contribution in [1.82, 2.24) is 0 Å². The number of nitrogens with two attached hydrogens (primary N) is 1. The summed E-state index contributed by atoms with van der Waals surface area (Å²) in [6.45, 7) is 1.81. The van der Waals surface area contributed by atoms with Crippen LogP contribution < -0.4 is 11.1 Å². The van der Waals surface area contributed by atoms with Crippen molar-refractivity contribution in [2.45, 2.75) is 19.1 Å². The highest BCUT2D eigenvalue weighted by Gasteiger charge is 2.28. The van der Waals surface area contributed by atoms with E-state index < -0.39 is 12.1 Å². The van der Waals surface area contributed by atoms with Crippen LogP contribution in [-0.2, 0) is 0 Å². The molecule has 1 aliphatic heterocycles. The summed E-state index contributed by atoms with van der Waals surface area (Å²) in [5, 5.41) is 29.1. The van der Waals surface area contributed by atoms with Gasteiger partial charge in [-0.15, -0.1) is 5.11 Å². The van der Waals surface area contributed by atoms with Gasteiger partial charge in [0.15, 0.2) is 0 Å². The molecule has 5 N–H and O–H groups in total. The zero-order valence-corrected chi connectivity index (χ0v) is 9.08. The predicted octanol–water partition coefficient (Wildman–Crippen LogP) is 1.40. The molecule has 1 aromatic rings. The molecule has 0 spiro atoms. The number of anilines is 1. The van der Waals surface area contributed by atoms with Gasteiger partial charge < -0.3 is 21.3 Å². The summed E-state index contributed by atoms with van der Waals surface area (Å²) in [5.41, 5.74) is 6.15. The molecule has 1 aliphatic rings. The summed E-state index contributed by atoms with van der Waals surface area (Å²) < 4.78 is 0. The summed E-state index contributed by atoms with van der Waals surface area (Å²) in [5.74, 6) is -0.137. The Morgan fingerprint density at radius 3 is 2.88 bits per heavy atom. The highest BCUT2D eigenvalue weighted by atomic mass is 16.3. The number of nitrogens with one attached hydrogen (secondary N) is 1. The fourth-order valence-electron chi connectivity index (χ4n) is 1.74. The topological polar surface area (TPSA) is 120 Å². The molecule has 0 aromatic heterocycles. The van der Waals surface area contributed by atoms with Gasteiger partial charge in [-0.25, -0.2) is 4.79 Å². The van der Waals surface area contributed by atoms with Crippen LogP contribution in [0.2, 0.25) is 0 Å². The van der Waals surface area contributed by atoms with E-state index >= 15 is 0 Å². The Kier molecular flexibility index (Phi) is 2.68. The van der Waals surface area contributed by atoms with Crippen molar-refractivity contribution < 1.29 is 15.0 Å². The molecule has 2 unspecified atom stereocenters. The van der Waals surface area contributed by atoms with Crippen molar-refractivity contribution in [3.05, 3.63) is 17.7 Å². The number of rotatable bonds is 1. The van der Waals surface area contributed by atoms with E-state index in [-0.39, 0.29) is 17.5 Å². The quantitative estimate of drug-likeness (QED) is 0.550. The zero-order valence-electron chi connectivity index (χ0n) is 9.08. The van der Waals surface area contributed by atoms with E-state index in [9.17, 15) is 15.0 Å². The van der Waals surface area contributed by atoms with Gasteiger partial charge in [0.1, 0.15) is 17.5 Å². The lowest BCUT2D eigenvalue weighted by Gasteiger charge is -2.07. The van der Waals surface area contributed by atoms with Crippen LogP contribution in [0.15, 0.2) is 22.4 Å². The van der Waals surface area contributed by atoms with E-state index in [0.29, 0.717) is 11.3 Å². The van der Waals surface area contributed by atoms with E-state index in [1.807, 2.05) is 6.92 Å². The first-order valence-corrected chi connectivity index (χ1v) is 5.01. The maximum Gasteiger partial charge on any atom is 0.356 e. The third kappa shape index (κ3) is 2.04. The smallest absolute Gasteiger partial charge is 0.356 e. The van der Waals surface area contributed by atoms with Crippen molar-refractivity contribution in [2.24, 2.45) is 16.0 Å². The number of benzene rings is 1. The van der Waals surface area contributed by atoms with Crippen LogP contribution in [0.1, 0.15) is 18.6 Å². The average molecular weight is 236 g/mol. The van der Waals surface area contributed by atoms with Crippen LogP contribution in [0.5, 0.6) is 5.75 Å². The maximum absolute atomic E-state index is 10.5. The number of urea groups is 1. The zero-order chi connectivity index (χ0) is 12.6. The number of amides is 2. The van der Waals surface area contributed by atoms with Gasteiger partial charge in [-0.2, -0.15) is 0 Å². The third-order valence-electron chi connectivity index (χ3n) is 2.58. The Hall–Kier alpha value is -2.15. The number of carbonyl (C=O) groups excluding carboxylic acids is 1. The SMILES string of the molecule is CC1Nc2cc(O)c(N=NC(N)=O)cc2C1O. The van der Waals surface area contributed by atoms with Crippen molar-refractivity contribution in [2.75, 3.05) is 5.32 Å². The monoisotopic (exact) mass is 236 g/mol. The van der Waals surface area contributed by atoms with Gasteiger partial charge >= 0.3 is 6.03 Å². The minimum atomic E-state index is -0.947. The van der Waals surface area contributed by atoms with Gasteiger partial charge in [0.2, 0.25) is 0 Å². The molecule has 90 valence electrons. The number of aliphatic hydroxyl groups excluding tert-OH is 1. The second kappa shape index (κ2) is 4.02. The Morgan fingerprint density at radius 1 is 1.53 bits per heavy atom. The first kappa shape index (κ1) is 11.3. The summed E-state index contributed by atoms with van der Waals surface area (Å²) in [4.78, 5) is 10.5. The Labute approximate surface area is 97.0 Å². The van der Waals surface area contributed by atoms with Gasteiger partial charge in [0.25, 0.3) is 0 Å². The van der Waals surface area contributed by atoms with E-state index in [1.54, 1.807) is 0 Å². The predicted molar refractivity (Wildman–Crippen MR) is 60.3 cm³/mol. The minimum Gasteiger partial charge on any atom is -0.506 e. The molecule has 0 saturated heterocycles. The van der Waals surface area contributed by atoms with Crippen molar-refractivity contribution in [1.29, 1.82) is 0 Å². The number of fused-ring (bicyclic) bond motifs is 1. The standard InChI is InChI=1S/C10H12N4O3/c1-4-9(16)5-2-7(13-14-10(11)17)8(15)3-6(5)12-4/h2-4,9,12,15-16H,1H3,(H2,11,17). The molecular weight excluding hydrogens is 224 g/mol. The Balaban J connectivity index is 2.41. The van der Waals surface area contributed by atoms with Gasteiger partial charge in [0.05, 0.1) is 6.04 Å². The van der Waals surface area contributed by atoms with E-state index in [0.717, 1.165) is 0 Å². The number of primary amides is 1. The lowest BCUT2D eigenvalue weighted by Crippen LogP contribution is -2.14. The third-order valence-corrected chi connectivity index (χ3v) is 2.58. The lowest BCUT2D eigenvalue weighted by atomic mass is 10.1. The molecular formula is C10H12N4O3. The van der Waals surface area contributed by atoms with Gasteiger partial charge in [-0.05, 0) is 13.0 Å². The second-order valence-electron chi connectivity index (χ2n) is 3.84. The molecule has 2 atom stereocenters. The number of nitrogens with zero attached hydrogens (tertiary/aromatic N) is 2. The number of carbonyl (C=O) groups is 1. The van der Waals surface area contributed by atoms with Crippen LogP contribution in [0, 0.1) is 0 Å². The second-order valence-corrected chi connectivity index (χ2v) is 3.84. The van der Waals surface area contributed by atoms with E-state index in [4.69, 9.17) is 5.73 Å². The molecule has 0 bridgehead atoms. The average Bonchev–Trinajstić information content (AvgIpc) is 2.51. The van der Waals surface area contributed by atoms with Crippen molar-refractivity contribution >= 4 is 17.4 Å². The number of azo groups is 1. The fourth-order valence-corrected chi connectivity index (χ4v) is 1.74. The Bertz CT molecular complexity index is 501. The summed E-state index contributed by atoms with van der Waals surface area (Å²) in [7, 11) is 0. The first-order chi connectivity index (χ1) is 7.99. The largest absolute Gasteiger partial charge is 0.506 e. The van der Waals surface area contributed by atoms with Crippen LogP contribution in [0.4, 0.5) is 16.2 Å². The van der Waals surface area contributed by atoms with E-state index in [1.165, 1.54) is 12.1 Å². The lowest BCUT2D eigenvalue weighted by molar-refractivity contribution is 0.170. The minimum absolute atomic E-state index is 0.0949.